The summed E-state index contributed by atoms with van der Waals surface area (Å²) in [6.45, 7) is 7.68. The number of carboxylic acid groups (broad SMARTS) is 1. The first-order chi connectivity index (χ1) is 15.0. The summed E-state index contributed by atoms with van der Waals surface area (Å²) in [5.41, 5.74) is 2.68. The molecule has 1 N–H and O–H groups in total. The van der Waals surface area contributed by atoms with E-state index in [1.54, 1.807) is 18.7 Å². The van der Waals surface area contributed by atoms with E-state index in [4.69, 9.17) is 4.98 Å². The Morgan fingerprint density at radius 1 is 1.12 bits per heavy atom. The van der Waals surface area contributed by atoms with Gasteiger partial charge in [0.2, 0.25) is 0 Å². The highest BCUT2D eigenvalue weighted by Gasteiger charge is 2.30. The van der Waals surface area contributed by atoms with Gasteiger partial charge in [0.05, 0.1) is 17.2 Å². The molecule has 32 heavy (non-hydrogen) atoms. The summed E-state index contributed by atoms with van der Waals surface area (Å²) in [5.74, 6) is -0.547. The number of carbonyl (C=O) groups is 1. The molecule has 0 bridgehead atoms. The number of alkyl halides is 3. The van der Waals surface area contributed by atoms with Gasteiger partial charge >= 0.3 is 12.1 Å². The van der Waals surface area contributed by atoms with Crippen LogP contribution in [0.25, 0.3) is 10.6 Å². The van der Waals surface area contributed by atoms with Gasteiger partial charge in [0.15, 0.2) is 0 Å². The maximum atomic E-state index is 12.8. The van der Waals surface area contributed by atoms with Crippen LogP contribution in [0.3, 0.4) is 0 Å². The summed E-state index contributed by atoms with van der Waals surface area (Å²) >= 11 is 3.14. The highest BCUT2D eigenvalue weighted by atomic mass is 32.2. The lowest BCUT2D eigenvalue weighted by Crippen LogP contribution is -2.08. The SMILES string of the molecule is Cc1cc(SCc2sc(-c3ccc(C(F)(F)F)cc3)nc2C(C)C)ccc1C(C)C(=O)O. The van der Waals surface area contributed by atoms with Gasteiger partial charge in [-0.05, 0) is 55.2 Å². The molecule has 8 heteroatoms. The second kappa shape index (κ2) is 9.67. The summed E-state index contributed by atoms with van der Waals surface area (Å²) in [6.07, 6.45) is -4.36. The number of halogens is 3. The smallest absolute Gasteiger partial charge is 0.416 e. The molecule has 0 spiro atoms. The second-order valence-corrected chi connectivity index (χ2v) is 10.1. The quantitative estimate of drug-likeness (QED) is 0.352. The largest absolute Gasteiger partial charge is 0.481 e. The van der Waals surface area contributed by atoms with Crippen molar-refractivity contribution in [3.8, 4) is 10.6 Å². The standard InChI is InChI=1S/C24H24F3NO2S2/c1-13(2)21-20(12-31-18-9-10-19(14(3)11-18)15(4)23(29)30)32-22(28-21)16-5-7-17(8-6-16)24(25,26)27/h5-11,13,15H,12H2,1-4H3,(H,29,30). The average molecular weight is 480 g/mol. The van der Waals surface area contributed by atoms with Crippen molar-refractivity contribution < 1.29 is 23.1 Å². The van der Waals surface area contributed by atoms with Crippen molar-refractivity contribution >= 4 is 29.1 Å². The van der Waals surface area contributed by atoms with Crippen LogP contribution in [0, 0.1) is 6.92 Å². The van der Waals surface area contributed by atoms with Gasteiger partial charge < -0.3 is 5.11 Å². The van der Waals surface area contributed by atoms with E-state index in [1.807, 2.05) is 39.0 Å². The van der Waals surface area contributed by atoms with Crippen molar-refractivity contribution in [2.75, 3.05) is 0 Å². The van der Waals surface area contributed by atoms with Crippen LogP contribution in [-0.4, -0.2) is 16.1 Å². The summed E-state index contributed by atoms with van der Waals surface area (Å²) in [7, 11) is 0. The molecule has 1 aromatic heterocycles. The second-order valence-electron chi connectivity index (χ2n) is 7.92. The summed E-state index contributed by atoms with van der Waals surface area (Å²) in [5, 5.41) is 9.96. The van der Waals surface area contributed by atoms with E-state index in [-0.39, 0.29) is 5.92 Å². The molecule has 0 aliphatic heterocycles. The van der Waals surface area contributed by atoms with Crippen LogP contribution in [0.5, 0.6) is 0 Å². The van der Waals surface area contributed by atoms with E-state index in [0.29, 0.717) is 16.3 Å². The number of rotatable bonds is 7. The van der Waals surface area contributed by atoms with Gasteiger partial charge in [-0.2, -0.15) is 13.2 Å². The van der Waals surface area contributed by atoms with Gasteiger partial charge in [-0.25, -0.2) is 4.98 Å². The Labute approximate surface area is 193 Å². The zero-order chi connectivity index (χ0) is 23.6. The zero-order valence-electron chi connectivity index (χ0n) is 18.2. The Kier molecular flexibility index (Phi) is 7.35. The van der Waals surface area contributed by atoms with Crippen molar-refractivity contribution in [2.24, 2.45) is 0 Å². The fraction of sp³-hybridized carbons (Fsp3) is 0.333. The lowest BCUT2D eigenvalue weighted by molar-refractivity contribution is -0.138. The maximum Gasteiger partial charge on any atom is 0.416 e. The predicted octanol–water partition coefficient (Wildman–Crippen LogP) is 7.74. The van der Waals surface area contributed by atoms with Gasteiger partial charge in [0.1, 0.15) is 5.01 Å². The number of aryl methyl sites for hydroxylation is 1. The van der Waals surface area contributed by atoms with Crippen LogP contribution in [0.1, 0.15) is 59.9 Å². The molecule has 0 amide bonds. The molecule has 1 unspecified atom stereocenters. The van der Waals surface area contributed by atoms with Gasteiger partial charge in [-0.1, -0.05) is 32.0 Å². The number of hydrogen-bond acceptors (Lipinski definition) is 4. The highest BCUT2D eigenvalue weighted by molar-refractivity contribution is 7.98. The molecule has 3 nitrogen and oxygen atoms in total. The fourth-order valence-electron chi connectivity index (χ4n) is 3.35. The number of aliphatic carboxylic acids is 1. The normalized spacial score (nSPS) is 12.9. The predicted molar refractivity (Wildman–Crippen MR) is 123 cm³/mol. The molecule has 0 aliphatic carbocycles. The third kappa shape index (κ3) is 5.53. The molecular formula is C24H24F3NO2S2. The summed E-state index contributed by atoms with van der Waals surface area (Å²) in [6, 6.07) is 10.9. The van der Waals surface area contributed by atoms with E-state index in [9.17, 15) is 23.1 Å². The third-order valence-electron chi connectivity index (χ3n) is 5.18. The Balaban J connectivity index is 1.81. The van der Waals surface area contributed by atoms with E-state index in [2.05, 4.69) is 0 Å². The topological polar surface area (TPSA) is 50.2 Å². The van der Waals surface area contributed by atoms with Crippen molar-refractivity contribution in [1.29, 1.82) is 0 Å². The minimum atomic E-state index is -4.36. The first kappa shape index (κ1) is 24.3. The number of nitrogens with zero attached hydrogens (tertiary/aromatic N) is 1. The minimum Gasteiger partial charge on any atom is -0.481 e. The van der Waals surface area contributed by atoms with Crippen molar-refractivity contribution in [1.82, 2.24) is 4.98 Å². The van der Waals surface area contributed by atoms with Crippen molar-refractivity contribution in [2.45, 2.75) is 56.4 Å². The maximum absolute atomic E-state index is 12.8. The molecule has 0 fully saturated rings. The van der Waals surface area contributed by atoms with Crippen LogP contribution >= 0.6 is 23.1 Å². The van der Waals surface area contributed by atoms with Gasteiger partial charge in [-0.3, -0.25) is 4.79 Å². The Hall–Kier alpha value is -2.32. The minimum absolute atomic E-state index is 0.186. The molecular weight excluding hydrogens is 455 g/mol. The molecule has 2 aromatic carbocycles. The number of thioether (sulfide) groups is 1. The number of hydrogen-bond donors (Lipinski definition) is 1. The van der Waals surface area contributed by atoms with Crippen LogP contribution in [0.4, 0.5) is 13.2 Å². The summed E-state index contributed by atoms with van der Waals surface area (Å²) in [4.78, 5) is 18.1. The van der Waals surface area contributed by atoms with Crippen LogP contribution in [0.15, 0.2) is 47.4 Å². The van der Waals surface area contributed by atoms with Gasteiger partial charge in [0.25, 0.3) is 0 Å². The zero-order valence-corrected chi connectivity index (χ0v) is 19.8. The number of thiazole rings is 1. The van der Waals surface area contributed by atoms with E-state index >= 15 is 0 Å². The lowest BCUT2D eigenvalue weighted by Gasteiger charge is -2.12. The monoisotopic (exact) mass is 479 g/mol. The molecule has 170 valence electrons. The Morgan fingerprint density at radius 2 is 1.78 bits per heavy atom. The first-order valence-corrected chi connectivity index (χ1v) is 11.9. The summed E-state index contributed by atoms with van der Waals surface area (Å²) < 4.78 is 38.5. The van der Waals surface area contributed by atoms with Crippen LogP contribution in [0.2, 0.25) is 0 Å². The molecule has 1 heterocycles. The molecule has 3 aromatic rings. The first-order valence-electron chi connectivity index (χ1n) is 10.1. The molecule has 0 saturated carbocycles. The molecule has 3 rings (SSSR count). The molecule has 0 aliphatic rings. The third-order valence-corrected chi connectivity index (χ3v) is 7.50. The highest BCUT2D eigenvalue weighted by Crippen LogP contribution is 2.37. The Bertz CT molecular complexity index is 1110. The van der Waals surface area contributed by atoms with Crippen LogP contribution < -0.4 is 0 Å². The van der Waals surface area contributed by atoms with Crippen molar-refractivity contribution in [3.05, 3.63) is 69.7 Å². The fourth-order valence-corrected chi connectivity index (χ4v) is 5.65. The number of carboxylic acids is 1. The molecule has 0 radical (unpaired) electrons. The average Bonchev–Trinajstić information content (AvgIpc) is 3.16. The van der Waals surface area contributed by atoms with E-state index < -0.39 is 23.6 Å². The number of benzene rings is 2. The molecule has 0 saturated heterocycles. The Morgan fingerprint density at radius 3 is 2.31 bits per heavy atom. The number of aromatic nitrogens is 1. The van der Waals surface area contributed by atoms with E-state index in [1.165, 1.54) is 23.5 Å². The molecule has 1 atom stereocenters. The lowest BCUT2D eigenvalue weighted by atomic mass is 9.97. The van der Waals surface area contributed by atoms with Crippen LogP contribution in [-0.2, 0) is 16.7 Å². The van der Waals surface area contributed by atoms with Gasteiger partial charge in [0, 0.05) is 21.1 Å². The van der Waals surface area contributed by atoms with Gasteiger partial charge in [-0.15, -0.1) is 23.1 Å². The van der Waals surface area contributed by atoms with E-state index in [0.717, 1.165) is 38.7 Å². The van der Waals surface area contributed by atoms with Crippen molar-refractivity contribution in [3.63, 3.8) is 0 Å².